The van der Waals surface area contributed by atoms with Crippen molar-refractivity contribution in [2.24, 2.45) is 5.92 Å². The molecule has 1 aromatic rings. The van der Waals surface area contributed by atoms with Crippen molar-refractivity contribution in [3.63, 3.8) is 0 Å². The lowest BCUT2D eigenvalue weighted by Gasteiger charge is -2.46. The average molecular weight is 323 g/mol. The summed E-state index contributed by atoms with van der Waals surface area (Å²) in [4.78, 5) is 12.2. The summed E-state index contributed by atoms with van der Waals surface area (Å²) in [6.07, 6.45) is 0. The summed E-state index contributed by atoms with van der Waals surface area (Å²) >= 11 is 0. The molecule has 0 aromatic heterocycles. The molecule has 0 amide bonds. The summed E-state index contributed by atoms with van der Waals surface area (Å²) in [7, 11) is -0.625. The Morgan fingerprint density at radius 3 is 2.00 bits per heavy atom. The summed E-state index contributed by atoms with van der Waals surface area (Å²) in [6, 6.07) is 9.97. The van der Waals surface area contributed by atoms with E-state index in [4.69, 9.17) is 9.16 Å². The normalized spacial score (nSPS) is 16.7. The number of carbonyl (C=O) groups is 1. The first kappa shape index (κ1) is 18.9. The minimum atomic E-state index is -2.05. The van der Waals surface area contributed by atoms with Crippen LogP contribution in [0.3, 0.4) is 0 Å². The number of methoxy groups -OCH3 is 1. The van der Waals surface area contributed by atoms with E-state index in [1.165, 1.54) is 7.11 Å². The summed E-state index contributed by atoms with van der Waals surface area (Å²) in [6.45, 7) is 14.9. The highest BCUT2D eigenvalue weighted by atomic mass is 28.4. The van der Waals surface area contributed by atoms with Gasteiger partial charge in [0.2, 0.25) is 0 Å². The minimum Gasteiger partial charge on any atom is -0.469 e. The van der Waals surface area contributed by atoms with Gasteiger partial charge in [0.1, 0.15) is 0 Å². The standard InChI is InChI=1S/C18H30O3Si/c1-14(16(19)20-6)18(5,15-12-10-9-11-13-15)21-22(7,8)17(2,3)4/h9-14H,1-8H3. The Kier molecular flexibility index (Phi) is 5.63. The maximum atomic E-state index is 12.2. The monoisotopic (exact) mass is 322 g/mol. The van der Waals surface area contributed by atoms with Crippen molar-refractivity contribution in [2.75, 3.05) is 7.11 Å². The summed E-state index contributed by atoms with van der Waals surface area (Å²) < 4.78 is 11.7. The Morgan fingerprint density at radius 1 is 1.09 bits per heavy atom. The molecule has 2 atom stereocenters. The van der Waals surface area contributed by atoms with Gasteiger partial charge in [-0.15, -0.1) is 0 Å². The number of esters is 1. The fourth-order valence-electron chi connectivity index (χ4n) is 2.25. The average Bonchev–Trinajstić information content (AvgIpc) is 2.44. The van der Waals surface area contributed by atoms with Crippen molar-refractivity contribution < 1.29 is 14.0 Å². The Bertz CT molecular complexity index is 505. The summed E-state index contributed by atoms with van der Waals surface area (Å²) in [5, 5.41) is 0.0683. The van der Waals surface area contributed by atoms with Gasteiger partial charge < -0.3 is 9.16 Å². The SMILES string of the molecule is COC(=O)C(C)C(C)(O[Si](C)(C)C(C)(C)C)c1ccccc1. The molecule has 0 aliphatic rings. The van der Waals surface area contributed by atoms with E-state index < -0.39 is 13.9 Å². The van der Waals surface area contributed by atoms with Crippen LogP contribution in [0.2, 0.25) is 18.1 Å². The second-order valence-electron chi connectivity index (χ2n) is 7.58. The van der Waals surface area contributed by atoms with Crippen LogP contribution in [-0.2, 0) is 19.6 Å². The molecule has 3 nitrogen and oxygen atoms in total. The maximum absolute atomic E-state index is 12.2. The molecule has 0 N–H and O–H groups in total. The first-order valence-corrected chi connectivity index (χ1v) is 10.7. The highest BCUT2D eigenvalue weighted by Gasteiger charge is 2.47. The zero-order chi connectivity index (χ0) is 17.2. The van der Waals surface area contributed by atoms with Crippen molar-refractivity contribution in [1.29, 1.82) is 0 Å². The van der Waals surface area contributed by atoms with E-state index in [-0.39, 0.29) is 16.9 Å². The van der Waals surface area contributed by atoms with E-state index in [9.17, 15) is 4.79 Å². The number of hydrogen-bond acceptors (Lipinski definition) is 3. The van der Waals surface area contributed by atoms with Crippen molar-refractivity contribution in [3.8, 4) is 0 Å². The summed E-state index contributed by atoms with van der Waals surface area (Å²) in [5.74, 6) is -0.626. The van der Waals surface area contributed by atoms with Gasteiger partial charge in [-0.3, -0.25) is 4.79 Å². The zero-order valence-electron chi connectivity index (χ0n) is 15.2. The second kappa shape index (κ2) is 6.55. The Morgan fingerprint density at radius 2 is 1.59 bits per heavy atom. The van der Waals surface area contributed by atoms with Gasteiger partial charge in [0.15, 0.2) is 8.32 Å². The van der Waals surface area contributed by atoms with E-state index in [0.717, 1.165) is 5.56 Å². The number of benzene rings is 1. The first-order chi connectivity index (χ1) is 9.95. The Labute approximate surface area is 136 Å². The van der Waals surface area contributed by atoms with E-state index in [1.54, 1.807) is 0 Å². The number of rotatable bonds is 5. The molecule has 0 spiro atoms. The third-order valence-corrected chi connectivity index (χ3v) is 9.55. The van der Waals surface area contributed by atoms with Crippen LogP contribution in [0.25, 0.3) is 0 Å². The lowest BCUT2D eigenvalue weighted by Crippen LogP contribution is -2.51. The van der Waals surface area contributed by atoms with E-state index in [0.29, 0.717) is 0 Å². The fraction of sp³-hybridized carbons (Fsp3) is 0.611. The van der Waals surface area contributed by atoms with Gasteiger partial charge >= 0.3 is 5.97 Å². The molecule has 0 fully saturated rings. The Balaban J connectivity index is 3.33. The third-order valence-electron chi connectivity index (χ3n) is 5.00. The van der Waals surface area contributed by atoms with Gasteiger partial charge in [0.05, 0.1) is 18.6 Å². The van der Waals surface area contributed by atoms with Crippen LogP contribution in [0, 0.1) is 5.92 Å². The highest BCUT2D eigenvalue weighted by Crippen LogP contribution is 2.44. The molecule has 0 heterocycles. The van der Waals surface area contributed by atoms with Crippen molar-refractivity contribution >= 4 is 14.3 Å². The number of carbonyl (C=O) groups excluding carboxylic acids is 1. The van der Waals surface area contributed by atoms with E-state index in [1.807, 2.05) is 44.2 Å². The molecule has 0 radical (unpaired) electrons. The quantitative estimate of drug-likeness (QED) is 0.580. The van der Waals surface area contributed by atoms with Crippen molar-refractivity contribution in [2.45, 2.75) is 58.4 Å². The second-order valence-corrected chi connectivity index (χ2v) is 12.3. The van der Waals surface area contributed by atoms with Crippen LogP contribution in [0.1, 0.15) is 40.2 Å². The molecule has 124 valence electrons. The maximum Gasteiger partial charge on any atom is 0.311 e. The van der Waals surface area contributed by atoms with Crippen LogP contribution in [0.15, 0.2) is 30.3 Å². The predicted octanol–water partition coefficient (Wildman–Crippen LogP) is 4.73. The molecule has 0 aliphatic carbocycles. The van der Waals surface area contributed by atoms with Gasteiger partial charge in [0, 0.05) is 0 Å². The molecule has 22 heavy (non-hydrogen) atoms. The van der Waals surface area contributed by atoms with Gasteiger partial charge in [-0.25, -0.2) is 0 Å². The molecule has 0 bridgehead atoms. The van der Waals surface area contributed by atoms with Gasteiger partial charge in [-0.1, -0.05) is 51.1 Å². The van der Waals surface area contributed by atoms with E-state index in [2.05, 4.69) is 33.9 Å². The molecule has 4 heteroatoms. The summed E-state index contributed by atoms with van der Waals surface area (Å²) in [5.41, 5.74) is 0.315. The molecule has 0 saturated carbocycles. The van der Waals surface area contributed by atoms with Crippen LogP contribution in [-0.4, -0.2) is 21.4 Å². The molecule has 1 rings (SSSR count). The molecule has 0 saturated heterocycles. The largest absolute Gasteiger partial charge is 0.469 e. The van der Waals surface area contributed by atoms with Crippen molar-refractivity contribution in [3.05, 3.63) is 35.9 Å². The Hall–Kier alpha value is -1.13. The van der Waals surface area contributed by atoms with Crippen LogP contribution < -0.4 is 0 Å². The number of hydrogen-bond donors (Lipinski definition) is 0. The van der Waals surface area contributed by atoms with Crippen molar-refractivity contribution in [1.82, 2.24) is 0 Å². The third kappa shape index (κ3) is 3.79. The predicted molar refractivity (Wildman–Crippen MR) is 93.3 cm³/mol. The smallest absolute Gasteiger partial charge is 0.311 e. The van der Waals surface area contributed by atoms with Crippen LogP contribution in [0.4, 0.5) is 0 Å². The molecule has 2 unspecified atom stereocenters. The first-order valence-electron chi connectivity index (χ1n) is 7.79. The van der Waals surface area contributed by atoms with Crippen LogP contribution in [0.5, 0.6) is 0 Å². The number of ether oxygens (including phenoxy) is 1. The highest BCUT2D eigenvalue weighted by molar-refractivity contribution is 6.74. The lowest BCUT2D eigenvalue weighted by atomic mass is 9.84. The van der Waals surface area contributed by atoms with Gasteiger partial charge in [-0.05, 0) is 37.5 Å². The van der Waals surface area contributed by atoms with Gasteiger partial charge in [-0.2, -0.15) is 0 Å². The van der Waals surface area contributed by atoms with E-state index >= 15 is 0 Å². The zero-order valence-corrected chi connectivity index (χ0v) is 16.2. The lowest BCUT2D eigenvalue weighted by molar-refractivity contribution is -0.153. The van der Waals surface area contributed by atoms with Crippen LogP contribution >= 0.6 is 0 Å². The molecular weight excluding hydrogens is 292 g/mol. The molecule has 1 aromatic carbocycles. The minimum absolute atomic E-state index is 0.0683. The van der Waals surface area contributed by atoms with Gasteiger partial charge in [0.25, 0.3) is 0 Å². The molecule has 0 aliphatic heterocycles. The molecular formula is C18H30O3Si. The topological polar surface area (TPSA) is 35.5 Å². The fourth-order valence-corrected chi connectivity index (χ4v) is 3.91.